The van der Waals surface area contributed by atoms with Gasteiger partial charge in [-0.25, -0.2) is 0 Å². The maximum absolute atomic E-state index is 5.18. The minimum atomic E-state index is 0.381. The van der Waals surface area contributed by atoms with Crippen LogP contribution in [-0.2, 0) is 0 Å². The van der Waals surface area contributed by atoms with Crippen LogP contribution < -0.4 is 0 Å². The average Bonchev–Trinajstić information content (AvgIpc) is 2.02. The number of unbranched alkanes of at least 4 members (excludes halogenated alkanes) is 3. The normalized spacial score (nSPS) is 13.8. The first-order chi connectivity index (χ1) is 5.98. The van der Waals surface area contributed by atoms with Gasteiger partial charge < -0.3 is 0 Å². The molecule has 0 heterocycles. The molecule has 0 aliphatic rings. The van der Waals surface area contributed by atoms with Crippen molar-refractivity contribution >= 4 is 15.9 Å². The molecule has 0 nitrogen and oxygen atoms in total. The van der Waals surface area contributed by atoms with Crippen LogP contribution in [0.3, 0.4) is 0 Å². The Morgan fingerprint density at radius 1 is 1.23 bits per heavy atom. The molecule has 0 aromatic carbocycles. The summed E-state index contributed by atoms with van der Waals surface area (Å²) in [6.45, 7) is 6.82. The molecule has 1 atom stereocenters. The molecule has 13 heavy (non-hydrogen) atoms. The molecule has 0 bridgehead atoms. The van der Waals surface area contributed by atoms with Gasteiger partial charge >= 0.3 is 0 Å². The zero-order valence-electron chi connectivity index (χ0n) is 9.07. The van der Waals surface area contributed by atoms with E-state index in [4.69, 9.17) is 6.42 Å². The second-order valence-corrected chi connectivity index (χ2v) is 5.74. The number of alkyl halides is 1. The van der Waals surface area contributed by atoms with Crippen LogP contribution in [0.2, 0.25) is 0 Å². The van der Waals surface area contributed by atoms with Gasteiger partial charge in [0.1, 0.15) is 0 Å². The van der Waals surface area contributed by atoms with Gasteiger partial charge in [0.25, 0.3) is 0 Å². The van der Waals surface area contributed by atoms with Crippen LogP contribution >= 0.6 is 15.9 Å². The first kappa shape index (κ1) is 13.0. The van der Waals surface area contributed by atoms with Crippen molar-refractivity contribution in [3.05, 3.63) is 0 Å². The van der Waals surface area contributed by atoms with Crippen molar-refractivity contribution in [1.82, 2.24) is 0 Å². The number of rotatable bonds is 5. The molecule has 0 radical (unpaired) electrons. The maximum atomic E-state index is 5.18. The van der Waals surface area contributed by atoms with Crippen LogP contribution in [0.15, 0.2) is 0 Å². The molecule has 0 aliphatic carbocycles. The molecule has 1 heteroatoms. The Labute approximate surface area is 91.6 Å². The molecular weight excluding hydrogens is 224 g/mol. The van der Waals surface area contributed by atoms with Crippen molar-refractivity contribution in [1.29, 1.82) is 0 Å². The minimum Gasteiger partial charge on any atom is -0.120 e. The zero-order valence-corrected chi connectivity index (χ0v) is 10.7. The van der Waals surface area contributed by atoms with E-state index < -0.39 is 0 Å². The molecule has 0 amide bonds. The SMILES string of the molecule is C#CCCCCCC(Br)C(C)(C)C. The second-order valence-electron chi connectivity index (χ2n) is 4.64. The maximum Gasteiger partial charge on any atom is 0.0194 e. The predicted molar refractivity (Wildman–Crippen MR) is 64.1 cm³/mol. The molecule has 1 unspecified atom stereocenters. The number of hydrogen-bond acceptors (Lipinski definition) is 0. The van der Waals surface area contributed by atoms with Gasteiger partial charge in [-0.2, -0.15) is 0 Å². The van der Waals surface area contributed by atoms with E-state index in [1.165, 1.54) is 25.7 Å². The third kappa shape index (κ3) is 7.14. The Morgan fingerprint density at radius 2 is 1.85 bits per heavy atom. The largest absolute Gasteiger partial charge is 0.120 e. The predicted octanol–water partition coefficient (Wildman–Crippen LogP) is 4.38. The van der Waals surface area contributed by atoms with Crippen molar-refractivity contribution < 1.29 is 0 Å². The molecule has 0 saturated carbocycles. The highest BCUT2D eigenvalue weighted by atomic mass is 79.9. The third-order valence-corrected chi connectivity index (χ3v) is 4.05. The summed E-state index contributed by atoms with van der Waals surface area (Å²) in [4.78, 5) is 0.630. The van der Waals surface area contributed by atoms with Gasteiger partial charge in [0.15, 0.2) is 0 Å². The van der Waals surface area contributed by atoms with E-state index in [-0.39, 0.29) is 0 Å². The third-order valence-electron chi connectivity index (χ3n) is 2.22. The average molecular weight is 245 g/mol. The molecule has 0 fully saturated rings. The molecule has 0 N–H and O–H groups in total. The Morgan fingerprint density at radius 3 is 2.31 bits per heavy atom. The van der Waals surface area contributed by atoms with Crippen LogP contribution in [0, 0.1) is 17.8 Å². The van der Waals surface area contributed by atoms with Gasteiger partial charge in [0.2, 0.25) is 0 Å². The van der Waals surface area contributed by atoms with E-state index in [1.807, 2.05) is 0 Å². The quantitative estimate of drug-likeness (QED) is 0.383. The lowest BCUT2D eigenvalue weighted by Gasteiger charge is -2.25. The summed E-state index contributed by atoms with van der Waals surface area (Å²) >= 11 is 3.73. The molecule has 76 valence electrons. The van der Waals surface area contributed by atoms with Crippen LogP contribution in [0.4, 0.5) is 0 Å². The minimum absolute atomic E-state index is 0.381. The topological polar surface area (TPSA) is 0 Å². The highest BCUT2D eigenvalue weighted by Crippen LogP contribution is 2.30. The van der Waals surface area contributed by atoms with E-state index in [0.717, 1.165) is 6.42 Å². The fourth-order valence-electron chi connectivity index (χ4n) is 1.16. The Kier molecular flexibility index (Phi) is 6.51. The van der Waals surface area contributed by atoms with Gasteiger partial charge in [-0.05, 0) is 18.3 Å². The van der Waals surface area contributed by atoms with Crippen molar-refractivity contribution in [3.8, 4) is 12.3 Å². The van der Waals surface area contributed by atoms with Crippen LogP contribution in [0.25, 0.3) is 0 Å². The lowest BCUT2D eigenvalue weighted by Crippen LogP contribution is -2.19. The van der Waals surface area contributed by atoms with Crippen molar-refractivity contribution in [2.24, 2.45) is 5.41 Å². The summed E-state index contributed by atoms with van der Waals surface area (Å²) in [5.74, 6) is 2.67. The van der Waals surface area contributed by atoms with Crippen LogP contribution in [-0.4, -0.2) is 4.83 Å². The number of terminal acetylenes is 1. The summed E-state index contributed by atoms with van der Waals surface area (Å²) in [7, 11) is 0. The van der Waals surface area contributed by atoms with Gasteiger partial charge in [-0.3, -0.25) is 0 Å². The fraction of sp³-hybridized carbons (Fsp3) is 0.833. The van der Waals surface area contributed by atoms with E-state index in [1.54, 1.807) is 0 Å². The number of halogens is 1. The van der Waals surface area contributed by atoms with E-state index in [2.05, 4.69) is 42.6 Å². The van der Waals surface area contributed by atoms with Gasteiger partial charge in [-0.15, -0.1) is 12.3 Å². The molecular formula is C12H21Br. The van der Waals surface area contributed by atoms with Gasteiger partial charge in [-0.1, -0.05) is 49.5 Å². The molecule has 0 saturated heterocycles. The van der Waals surface area contributed by atoms with E-state index >= 15 is 0 Å². The lowest BCUT2D eigenvalue weighted by atomic mass is 9.89. The Hall–Kier alpha value is 0.0400. The van der Waals surface area contributed by atoms with Gasteiger partial charge in [0.05, 0.1) is 0 Å². The first-order valence-electron chi connectivity index (χ1n) is 5.06. The van der Waals surface area contributed by atoms with Crippen molar-refractivity contribution in [2.75, 3.05) is 0 Å². The molecule has 0 rings (SSSR count). The van der Waals surface area contributed by atoms with Crippen molar-refractivity contribution in [3.63, 3.8) is 0 Å². The van der Waals surface area contributed by atoms with Crippen LogP contribution in [0.5, 0.6) is 0 Å². The number of hydrogen-bond donors (Lipinski definition) is 0. The van der Waals surface area contributed by atoms with Crippen LogP contribution in [0.1, 0.15) is 52.9 Å². The monoisotopic (exact) mass is 244 g/mol. The Balaban J connectivity index is 3.39. The van der Waals surface area contributed by atoms with E-state index in [9.17, 15) is 0 Å². The summed E-state index contributed by atoms with van der Waals surface area (Å²) in [6, 6.07) is 0. The second kappa shape index (κ2) is 6.49. The highest BCUT2D eigenvalue weighted by molar-refractivity contribution is 9.09. The molecule has 0 aromatic heterocycles. The molecule has 0 aliphatic heterocycles. The standard InChI is InChI=1S/C12H21Br/c1-5-6-7-8-9-10-11(13)12(2,3)4/h1,11H,6-10H2,2-4H3. The summed E-state index contributed by atoms with van der Waals surface area (Å²) in [6.07, 6.45) is 11.1. The van der Waals surface area contributed by atoms with E-state index in [0.29, 0.717) is 10.2 Å². The summed E-state index contributed by atoms with van der Waals surface area (Å²) in [5, 5.41) is 0. The zero-order chi connectivity index (χ0) is 10.3. The highest BCUT2D eigenvalue weighted by Gasteiger charge is 2.20. The summed E-state index contributed by atoms with van der Waals surface area (Å²) in [5.41, 5.74) is 0.381. The van der Waals surface area contributed by atoms with Gasteiger partial charge in [0, 0.05) is 11.2 Å². The first-order valence-corrected chi connectivity index (χ1v) is 5.97. The lowest BCUT2D eigenvalue weighted by molar-refractivity contribution is 0.377. The molecule has 0 aromatic rings. The smallest absolute Gasteiger partial charge is 0.0194 e. The molecule has 0 spiro atoms. The Bertz CT molecular complexity index is 159. The van der Waals surface area contributed by atoms with Crippen molar-refractivity contribution in [2.45, 2.75) is 57.7 Å². The summed E-state index contributed by atoms with van der Waals surface area (Å²) < 4.78 is 0. The fourth-order valence-corrected chi connectivity index (χ4v) is 1.48.